The Bertz CT molecular complexity index is 557. The first-order valence-corrected chi connectivity index (χ1v) is 8.10. The van der Waals surface area contributed by atoms with Gasteiger partial charge < -0.3 is 10.6 Å². The van der Waals surface area contributed by atoms with Gasteiger partial charge in [0.15, 0.2) is 0 Å². The average molecular weight is 283 g/mol. The molecule has 106 valence electrons. The zero-order valence-electron chi connectivity index (χ0n) is 11.2. The van der Waals surface area contributed by atoms with Crippen molar-refractivity contribution in [2.45, 2.75) is 31.1 Å². The van der Waals surface area contributed by atoms with Crippen molar-refractivity contribution in [3.05, 3.63) is 18.2 Å². The van der Waals surface area contributed by atoms with Gasteiger partial charge in [-0.1, -0.05) is 6.92 Å². The van der Waals surface area contributed by atoms with Crippen LogP contribution in [0.5, 0.6) is 0 Å². The van der Waals surface area contributed by atoms with Crippen LogP contribution < -0.4 is 15.8 Å². The molecule has 0 spiro atoms. The van der Waals surface area contributed by atoms with Crippen molar-refractivity contribution < 1.29 is 8.42 Å². The lowest BCUT2D eigenvalue weighted by atomic mass is 10.0. The summed E-state index contributed by atoms with van der Waals surface area (Å²) in [7, 11) is -3.74. The van der Waals surface area contributed by atoms with Crippen LogP contribution in [0.15, 0.2) is 23.1 Å². The van der Waals surface area contributed by atoms with Crippen LogP contribution in [-0.4, -0.2) is 21.5 Å². The number of sulfonamides is 1. The van der Waals surface area contributed by atoms with Gasteiger partial charge in [-0.2, -0.15) is 0 Å². The quantitative estimate of drug-likeness (QED) is 0.806. The molecule has 0 aliphatic carbocycles. The minimum Gasteiger partial charge on any atom is -0.398 e. The largest absolute Gasteiger partial charge is 0.398 e. The summed E-state index contributed by atoms with van der Waals surface area (Å²) in [6.07, 6.45) is 3.54. The summed E-state index contributed by atoms with van der Waals surface area (Å²) in [5.74, 6) is 0.742. The number of nitrogens with two attached hydrogens (primary N) is 2. The van der Waals surface area contributed by atoms with E-state index in [-0.39, 0.29) is 10.6 Å². The molecule has 5 nitrogen and oxygen atoms in total. The Hall–Kier alpha value is -1.27. The molecular weight excluding hydrogens is 262 g/mol. The van der Waals surface area contributed by atoms with E-state index >= 15 is 0 Å². The third-order valence-corrected chi connectivity index (χ3v) is 4.67. The van der Waals surface area contributed by atoms with Crippen LogP contribution in [-0.2, 0) is 10.0 Å². The van der Waals surface area contributed by atoms with E-state index in [2.05, 4.69) is 11.8 Å². The summed E-state index contributed by atoms with van der Waals surface area (Å²) in [4.78, 5) is 2.26. The summed E-state index contributed by atoms with van der Waals surface area (Å²) in [6.45, 7) is 4.23. The van der Waals surface area contributed by atoms with Crippen LogP contribution in [0.2, 0.25) is 0 Å². The molecule has 1 atom stereocenters. The predicted octanol–water partition coefficient (Wildman–Crippen LogP) is 1.54. The van der Waals surface area contributed by atoms with Crippen LogP contribution in [0.25, 0.3) is 0 Å². The van der Waals surface area contributed by atoms with Crippen LogP contribution in [0.4, 0.5) is 11.4 Å². The Morgan fingerprint density at radius 3 is 2.63 bits per heavy atom. The van der Waals surface area contributed by atoms with Crippen LogP contribution >= 0.6 is 0 Å². The molecule has 19 heavy (non-hydrogen) atoms. The molecule has 2 rings (SSSR count). The lowest BCUT2D eigenvalue weighted by molar-refractivity contribution is 0.521. The van der Waals surface area contributed by atoms with E-state index in [9.17, 15) is 8.42 Å². The minimum atomic E-state index is -3.74. The molecule has 4 N–H and O–H groups in total. The maximum atomic E-state index is 11.3. The molecule has 6 heteroatoms. The Morgan fingerprint density at radius 2 is 2.00 bits per heavy atom. The Balaban J connectivity index is 2.24. The molecule has 1 heterocycles. The molecule has 0 aromatic heterocycles. The van der Waals surface area contributed by atoms with Crippen molar-refractivity contribution in [3.63, 3.8) is 0 Å². The monoisotopic (exact) mass is 283 g/mol. The summed E-state index contributed by atoms with van der Waals surface area (Å²) >= 11 is 0. The molecule has 1 aromatic rings. The van der Waals surface area contributed by atoms with E-state index in [1.165, 1.54) is 12.5 Å². The smallest absolute Gasteiger partial charge is 0.240 e. The standard InChI is InChI=1S/C13H21N3O2S/c1-10-3-2-7-16(8-6-10)11-4-5-13(12(14)9-11)19(15,17)18/h4-5,9-10H,2-3,6-8,14H2,1H3,(H2,15,17,18). The number of anilines is 2. The van der Waals surface area contributed by atoms with Gasteiger partial charge in [0.25, 0.3) is 0 Å². The van der Waals surface area contributed by atoms with Gasteiger partial charge >= 0.3 is 0 Å². The normalized spacial score (nSPS) is 21.2. The highest BCUT2D eigenvalue weighted by Crippen LogP contribution is 2.27. The third kappa shape index (κ3) is 3.39. The Kier molecular flexibility index (Phi) is 4.01. The average Bonchev–Trinajstić information content (AvgIpc) is 2.52. The van der Waals surface area contributed by atoms with E-state index in [0.29, 0.717) is 0 Å². The number of hydrogen-bond donors (Lipinski definition) is 2. The third-order valence-electron chi connectivity index (χ3n) is 3.68. The number of hydrogen-bond acceptors (Lipinski definition) is 4. The molecule has 0 radical (unpaired) electrons. The SMILES string of the molecule is CC1CCCN(c2ccc(S(N)(=O)=O)c(N)c2)CC1. The van der Waals surface area contributed by atoms with Crippen molar-refractivity contribution in [2.24, 2.45) is 11.1 Å². The minimum absolute atomic E-state index is 0.000519. The van der Waals surface area contributed by atoms with E-state index in [0.717, 1.165) is 37.5 Å². The van der Waals surface area contributed by atoms with Crippen molar-refractivity contribution in [2.75, 3.05) is 23.7 Å². The van der Waals surface area contributed by atoms with E-state index < -0.39 is 10.0 Å². The maximum absolute atomic E-state index is 11.3. The topological polar surface area (TPSA) is 89.4 Å². The summed E-state index contributed by atoms with van der Waals surface area (Å²) in [5.41, 5.74) is 6.99. The van der Waals surface area contributed by atoms with Gasteiger partial charge in [0.1, 0.15) is 4.90 Å². The second-order valence-corrected chi connectivity index (χ2v) is 6.82. The van der Waals surface area contributed by atoms with Crippen LogP contribution in [0.3, 0.4) is 0 Å². The number of nitrogens with zero attached hydrogens (tertiary/aromatic N) is 1. The molecule has 0 saturated carbocycles. The molecule has 1 saturated heterocycles. The number of nitrogen functional groups attached to an aromatic ring is 1. The van der Waals surface area contributed by atoms with Crippen molar-refractivity contribution in [1.29, 1.82) is 0 Å². The molecule has 0 amide bonds. The highest BCUT2D eigenvalue weighted by molar-refractivity contribution is 7.89. The first-order chi connectivity index (χ1) is 8.88. The molecule has 1 aromatic carbocycles. The first kappa shape index (κ1) is 14.1. The number of rotatable bonds is 2. The van der Waals surface area contributed by atoms with Gasteiger partial charge in [-0.25, -0.2) is 13.6 Å². The van der Waals surface area contributed by atoms with Gasteiger partial charge in [-0.15, -0.1) is 0 Å². The molecule has 0 bridgehead atoms. The van der Waals surface area contributed by atoms with Gasteiger partial charge in [-0.05, 0) is 43.4 Å². The van der Waals surface area contributed by atoms with E-state index in [1.54, 1.807) is 12.1 Å². The first-order valence-electron chi connectivity index (χ1n) is 6.55. The van der Waals surface area contributed by atoms with Crippen molar-refractivity contribution in [1.82, 2.24) is 0 Å². The molecule has 1 aliphatic heterocycles. The number of primary sulfonamides is 1. The Labute approximate surface area is 114 Å². The van der Waals surface area contributed by atoms with Crippen LogP contribution in [0, 0.1) is 5.92 Å². The molecule has 1 fully saturated rings. The highest BCUT2D eigenvalue weighted by atomic mass is 32.2. The lowest BCUT2D eigenvalue weighted by Crippen LogP contribution is -2.24. The van der Waals surface area contributed by atoms with Gasteiger partial charge in [0.05, 0.1) is 5.69 Å². The fourth-order valence-electron chi connectivity index (χ4n) is 2.51. The fraction of sp³-hybridized carbons (Fsp3) is 0.538. The Morgan fingerprint density at radius 1 is 1.26 bits per heavy atom. The molecule has 1 unspecified atom stereocenters. The predicted molar refractivity (Wildman–Crippen MR) is 77.5 cm³/mol. The fourth-order valence-corrected chi connectivity index (χ4v) is 3.16. The lowest BCUT2D eigenvalue weighted by Gasteiger charge is -2.23. The zero-order chi connectivity index (χ0) is 14.0. The van der Waals surface area contributed by atoms with Gasteiger partial charge in [0.2, 0.25) is 10.0 Å². The number of benzene rings is 1. The van der Waals surface area contributed by atoms with E-state index in [4.69, 9.17) is 10.9 Å². The zero-order valence-corrected chi connectivity index (χ0v) is 12.0. The van der Waals surface area contributed by atoms with Crippen molar-refractivity contribution in [3.8, 4) is 0 Å². The summed E-state index contributed by atoms with van der Waals surface area (Å²) in [5, 5.41) is 5.11. The van der Waals surface area contributed by atoms with Gasteiger partial charge in [0, 0.05) is 18.8 Å². The second kappa shape index (κ2) is 5.38. The van der Waals surface area contributed by atoms with Gasteiger partial charge in [-0.3, -0.25) is 0 Å². The summed E-state index contributed by atoms with van der Waals surface area (Å²) < 4.78 is 22.6. The van der Waals surface area contributed by atoms with Crippen molar-refractivity contribution >= 4 is 21.4 Å². The summed E-state index contributed by atoms with van der Waals surface area (Å²) in [6, 6.07) is 4.98. The highest BCUT2D eigenvalue weighted by Gasteiger charge is 2.17. The van der Waals surface area contributed by atoms with E-state index in [1.807, 2.05) is 0 Å². The molecule has 1 aliphatic rings. The second-order valence-electron chi connectivity index (χ2n) is 5.29. The van der Waals surface area contributed by atoms with Crippen LogP contribution in [0.1, 0.15) is 26.2 Å². The maximum Gasteiger partial charge on any atom is 0.240 e. The molecular formula is C13H21N3O2S.